The van der Waals surface area contributed by atoms with Crippen LogP contribution >= 0.6 is 0 Å². The van der Waals surface area contributed by atoms with Gasteiger partial charge in [-0.05, 0) is 0 Å². The minimum Gasteiger partial charge on any atom is -0.481 e. The molecule has 0 saturated carbocycles. The number of hydrogen-bond donors (Lipinski definition) is 7. The molecule has 3 atom stereocenters. The first-order chi connectivity index (χ1) is 10.6. The molecule has 0 aliphatic rings. The van der Waals surface area contributed by atoms with Crippen LogP contribution in [0, 0.1) is 0 Å². The zero-order chi connectivity index (χ0) is 18.2. The summed E-state index contributed by atoms with van der Waals surface area (Å²) in [6, 6.07) is -4.68. The number of carbonyl (C=O) groups is 5. The number of primary amides is 1. The topological polar surface area (TPSA) is 222 Å². The monoisotopic (exact) mass is 334 g/mol. The summed E-state index contributed by atoms with van der Waals surface area (Å²) in [5, 5.41) is 30.3. The molecule has 0 aromatic carbocycles. The Morgan fingerprint density at radius 1 is 0.913 bits per heavy atom. The van der Waals surface area contributed by atoms with Gasteiger partial charge in [-0.2, -0.15) is 0 Å². The fourth-order valence-corrected chi connectivity index (χ4v) is 1.43. The molecule has 9 N–H and O–H groups in total. The highest BCUT2D eigenvalue weighted by atomic mass is 16.4. The van der Waals surface area contributed by atoms with Gasteiger partial charge in [0.1, 0.15) is 12.1 Å². The zero-order valence-corrected chi connectivity index (χ0v) is 11.9. The van der Waals surface area contributed by atoms with Crippen LogP contribution in [0.4, 0.5) is 0 Å². The van der Waals surface area contributed by atoms with Gasteiger partial charge in [-0.25, -0.2) is 4.79 Å². The highest BCUT2D eigenvalue weighted by molar-refractivity contribution is 5.94. The standard InChI is InChI=1S/C11H18N4O8/c12-4(1-7(13)17)9(20)15-6(3-16)10(21)14-5(11(22)23)2-8(18)19/h4-6,16H,1-3,12H2,(H2,13,17)(H,14,21)(H,15,20)(H,18,19)(H,22,23)/t4-,5-,6-/m0/s1. The van der Waals surface area contributed by atoms with Gasteiger partial charge in [0.05, 0.1) is 25.5 Å². The molecule has 0 fully saturated rings. The molecule has 0 rings (SSSR count). The second kappa shape index (κ2) is 9.32. The summed E-state index contributed by atoms with van der Waals surface area (Å²) in [5.74, 6) is -6.02. The molecule has 0 heterocycles. The number of nitrogens with two attached hydrogens (primary N) is 2. The van der Waals surface area contributed by atoms with Crippen molar-refractivity contribution in [1.82, 2.24) is 10.6 Å². The average Bonchev–Trinajstić information content (AvgIpc) is 2.41. The van der Waals surface area contributed by atoms with E-state index in [1.165, 1.54) is 0 Å². The first kappa shape index (κ1) is 20.3. The number of rotatable bonds is 10. The number of carbonyl (C=O) groups excluding carboxylic acids is 3. The van der Waals surface area contributed by atoms with Crippen molar-refractivity contribution in [3.63, 3.8) is 0 Å². The van der Waals surface area contributed by atoms with Crippen LogP contribution < -0.4 is 22.1 Å². The number of carboxylic acids is 2. The molecule has 3 amide bonds. The zero-order valence-electron chi connectivity index (χ0n) is 11.9. The maximum Gasteiger partial charge on any atom is 0.326 e. The smallest absolute Gasteiger partial charge is 0.326 e. The van der Waals surface area contributed by atoms with Crippen molar-refractivity contribution in [1.29, 1.82) is 0 Å². The molecule has 0 aliphatic carbocycles. The maximum atomic E-state index is 11.8. The summed E-state index contributed by atoms with van der Waals surface area (Å²) in [7, 11) is 0. The molecule has 0 saturated heterocycles. The van der Waals surface area contributed by atoms with E-state index in [1.807, 2.05) is 10.6 Å². The summed E-state index contributed by atoms with van der Waals surface area (Å²) >= 11 is 0. The van der Waals surface area contributed by atoms with Crippen LogP contribution in [-0.2, 0) is 24.0 Å². The number of amides is 3. The van der Waals surface area contributed by atoms with Crippen molar-refractivity contribution in [3.05, 3.63) is 0 Å². The minimum absolute atomic E-state index is 0.498. The Labute approximate surface area is 129 Å². The first-order valence-corrected chi connectivity index (χ1v) is 6.28. The van der Waals surface area contributed by atoms with Gasteiger partial charge in [0.2, 0.25) is 17.7 Å². The number of carboxylic acid groups (broad SMARTS) is 2. The summed E-state index contributed by atoms with van der Waals surface area (Å²) in [6.07, 6.45) is -1.39. The number of aliphatic hydroxyl groups is 1. The van der Waals surface area contributed by atoms with E-state index in [0.717, 1.165) is 0 Å². The molecular weight excluding hydrogens is 316 g/mol. The molecule has 0 aliphatic heterocycles. The molecule has 0 spiro atoms. The van der Waals surface area contributed by atoms with Gasteiger partial charge in [-0.1, -0.05) is 0 Å². The largest absolute Gasteiger partial charge is 0.481 e. The first-order valence-electron chi connectivity index (χ1n) is 6.28. The van der Waals surface area contributed by atoms with Crippen LogP contribution in [0.25, 0.3) is 0 Å². The van der Waals surface area contributed by atoms with E-state index >= 15 is 0 Å². The summed E-state index contributed by atoms with van der Waals surface area (Å²) in [5.41, 5.74) is 10.2. The van der Waals surface area contributed by atoms with Crippen molar-refractivity contribution in [2.75, 3.05) is 6.61 Å². The molecule has 12 nitrogen and oxygen atoms in total. The second-order valence-corrected chi connectivity index (χ2v) is 4.52. The van der Waals surface area contributed by atoms with E-state index in [0.29, 0.717) is 0 Å². The van der Waals surface area contributed by atoms with Gasteiger partial charge in [-0.3, -0.25) is 19.2 Å². The van der Waals surface area contributed by atoms with Crippen LogP contribution in [0.3, 0.4) is 0 Å². The van der Waals surface area contributed by atoms with Gasteiger partial charge >= 0.3 is 11.9 Å². The van der Waals surface area contributed by atoms with Crippen LogP contribution in [0.1, 0.15) is 12.8 Å². The lowest BCUT2D eigenvalue weighted by Crippen LogP contribution is -2.56. The Bertz CT molecular complexity index is 494. The summed E-state index contributed by atoms with van der Waals surface area (Å²) in [4.78, 5) is 55.4. The third-order valence-electron chi connectivity index (χ3n) is 2.57. The van der Waals surface area contributed by atoms with Gasteiger partial charge in [-0.15, -0.1) is 0 Å². The van der Waals surface area contributed by atoms with Crippen LogP contribution in [0.2, 0.25) is 0 Å². The van der Waals surface area contributed by atoms with Crippen molar-refractivity contribution in [2.45, 2.75) is 31.0 Å². The van der Waals surface area contributed by atoms with Crippen LogP contribution in [0.5, 0.6) is 0 Å². The molecule has 130 valence electrons. The quantitative estimate of drug-likeness (QED) is 0.205. The maximum absolute atomic E-state index is 11.8. The lowest BCUT2D eigenvalue weighted by Gasteiger charge is -2.20. The highest BCUT2D eigenvalue weighted by Gasteiger charge is 2.29. The number of aliphatic hydroxyl groups excluding tert-OH is 1. The number of hydrogen-bond acceptors (Lipinski definition) is 7. The van der Waals surface area contributed by atoms with Crippen LogP contribution in [-0.4, -0.2) is 69.7 Å². The Morgan fingerprint density at radius 2 is 1.43 bits per heavy atom. The molecular formula is C11H18N4O8. The van der Waals surface area contributed by atoms with Crippen molar-refractivity contribution in [2.24, 2.45) is 11.5 Å². The summed E-state index contributed by atoms with van der Waals surface area (Å²) in [6.45, 7) is -0.903. The lowest BCUT2D eigenvalue weighted by molar-refractivity contribution is -0.147. The second-order valence-electron chi connectivity index (χ2n) is 4.52. The van der Waals surface area contributed by atoms with E-state index in [9.17, 15) is 24.0 Å². The highest BCUT2D eigenvalue weighted by Crippen LogP contribution is 1.96. The van der Waals surface area contributed by atoms with E-state index < -0.39 is 67.2 Å². The summed E-state index contributed by atoms with van der Waals surface area (Å²) < 4.78 is 0. The van der Waals surface area contributed by atoms with Gasteiger partial charge in [0, 0.05) is 0 Å². The van der Waals surface area contributed by atoms with E-state index in [2.05, 4.69) is 0 Å². The van der Waals surface area contributed by atoms with Gasteiger partial charge in [0.15, 0.2) is 0 Å². The average molecular weight is 334 g/mol. The predicted octanol–water partition coefficient (Wildman–Crippen LogP) is -4.29. The third kappa shape index (κ3) is 7.73. The van der Waals surface area contributed by atoms with Crippen molar-refractivity contribution in [3.8, 4) is 0 Å². The fourth-order valence-electron chi connectivity index (χ4n) is 1.43. The number of aliphatic carboxylic acids is 2. The Kier molecular flexibility index (Phi) is 8.21. The minimum atomic E-state index is -1.75. The predicted molar refractivity (Wildman–Crippen MR) is 72.6 cm³/mol. The van der Waals surface area contributed by atoms with Crippen molar-refractivity contribution < 1.29 is 39.3 Å². The lowest BCUT2D eigenvalue weighted by atomic mass is 10.1. The molecule has 0 aromatic rings. The van der Waals surface area contributed by atoms with E-state index in [1.54, 1.807) is 0 Å². The molecule has 0 bridgehead atoms. The number of nitrogens with one attached hydrogen (secondary N) is 2. The Hall–Kier alpha value is -2.73. The normalized spacial score (nSPS) is 14.2. The fraction of sp³-hybridized carbons (Fsp3) is 0.545. The van der Waals surface area contributed by atoms with Crippen LogP contribution in [0.15, 0.2) is 0 Å². The SMILES string of the molecule is NC(=O)C[C@H](N)C(=O)N[C@@H](CO)C(=O)N[C@@H](CC(=O)O)C(=O)O. The molecule has 0 unspecified atom stereocenters. The molecule has 23 heavy (non-hydrogen) atoms. The van der Waals surface area contributed by atoms with Gasteiger partial charge in [0.25, 0.3) is 0 Å². The third-order valence-corrected chi connectivity index (χ3v) is 2.57. The van der Waals surface area contributed by atoms with Crippen molar-refractivity contribution >= 4 is 29.7 Å². The molecule has 0 radical (unpaired) electrons. The van der Waals surface area contributed by atoms with E-state index in [4.69, 9.17) is 26.8 Å². The van der Waals surface area contributed by atoms with E-state index in [-0.39, 0.29) is 0 Å². The Morgan fingerprint density at radius 3 is 1.83 bits per heavy atom. The Balaban J connectivity index is 4.78. The van der Waals surface area contributed by atoms with Gasteiger partial charge < -0.3 is 37.4 Å². The molecule has 0 aromatic heterocycles. The molecule has 12 heteroatoms.